The maximum Gasteiger partial charge on any atom is 0.270 e. The van der Waals surface area contributed by atoms with Crippen LogP contribution in [0.15, 0.2) is 60.7 Å². The molecule has 0 aromatic heterocycles. The summed E-state index contributed by atoms with van der Waals surface area (Å²) >= 11 is 0. The van der Waals surface area contributed by atoms with Crippen LogP contribution in [-0.4, -0.2) is 11.5 Å². The number of non-ortho nitro benzene ring substituents is 1. The Morgan fingerprint density at radius 1 is 1.00 bits per heavy atom. The summed E-state index contributed by atoms with van der Waals surface area (Å²) in [5, 5.41) is 11.7. The van der Waals surface area contributed by atoms with E-state index in [1.807, 2.05) is 12.1 Å². The van der Waals surface area contributed by atoms with E-state index in [-0.39, 0.29) is 34.3 Å². The highest BCUT2D eigenvalue weighted by atomic mass is 19.1. The molecule has 5 heteroatoms. The summed E-state index contributed by atoms with van der Waals surface area (Å²) in [5.41, 5.74) is 4.67. The third-order valence-corrected chi connectivity index (χ3v) is 7.26. The van der Waals surface area contributed by atoms with E-state index in [1.54, 1.807) is 24.3 Å². The minimum atomic E-state index is -0.261. The third-order valence-electron chi connectivity index (χ3n) is 7.26. The molecule has 0 N–H and O–H groups in total. The molecule has 0 saturated carbocycles. The first-order valence-corrected chi connectivity index (χ1v) is 10.3. The summed E-state index contributed by atoms with van der Waals surface area (Å²) in [6, 6.07) is 10.6. The van der Waals surface area contributed by atoms with Crippen molar-refractivity contribution in [1.29, 1.82) is 0 Å². The van der Waals surface area contributed by atoms with Gasteiger partial charge in [-0.1, -0.05) is 36.4 Å². The molecular weight excluding hydrogens is 367 g/mol. The maximum absolute atomic E-state index is 13.6. The van der Waals surface area contributed by atoms with E-state index in [9.17, 15) is 14.5 Å². The zero-order chi connectivity index (χ0) is 19.7. The van der Waals surface area contributed by atoms with Gasteiger partial charge in [0.15, 0.2) is 0 Å². The number of allylic oxidation sites excluding steroid dienone is 4. The van der Waals surface area contributed by atoms with Gasteiger partial charge in [-0.25, -0.2) is 4.39 Å². The highest BCUT2D eigenvalue weighted by Gasteiger charge is 2.48. The molecule has 29 heavy (non-hydrogen) atoms. The number of hydrogen-bond acceptors (Lipinski definition) is 3. The van der Waals surface area contributed by atoms with Crippen molar-refractivity contribution in [3.8, 4) is 0 Å². The summed E-state index contributed by atoms with van der Waals surface area (Å²) in [6.07, 6.45) is 10.8. The number of nitrogens with zero attached hydrogens (tertiary/aromatic N) is 2. The van der Waals surface area contributed by atoms with E-state index in [0.29, 0.717) is 11.8 Å². The minimum Gasteiger partial charge on any atom is -0.363 e. The average Bonchev–Trinajstić information content (AvgIpc) is 3.38. The SMILES string of the molecule is O=[N+]([O-])c1cc2c3c(c1)[C@H]1C=CC[C@H]1[C@H](c1ccc(F)cc1)N3C[C@H]1CC=C[C@H]21. The van der Waals surface area contributed by atoms with Crippen LogP contribution in [0.25, 0.3) is 0 Å². The quantitative estimate of drug-likeness (QED) is 0.381. The fourth-order valence-corrected chi connectivity index (χ4v) is 6.10. The van der Waals surface area contributed by atoms with Crippen molar-refractivity contribution in [3.05, 3.63) is 93.3 Å². The summed E-state index contributed by atoms with van der Waals surface area (Å²) in [7, 11) is 0. The van der Waals surface area contributed by atoms with Crippen molar-refractivity contribution in [3.63, 3.8) is 0 Å². The van der Waals surface area contributed by atoms with Gasteiger partial charge in [0, 0.05) is 36.2 Å². The molecular formula is C24H21FN2O2. The van der Waals surface area contributed by atoms with E-state index >= 15 is 0 Å². The third kappa shape index (κ3) is 2.36. The van der Waals surface area contributed by atoms with Crippen LogP contribution in [0.3, 0.4) is 0 Å². The van der Waals surface area contributed by atoms with Gasteiger partial charge in [-0.15, -0.1) is 0 Å². The van der Waals surface area contributed by atoms with Crippen LogP contribution in [-0.2, 0) is 0 Å². The van der Waals surface area contributed by atoms with Crippen LogP contribution in [0, 0.1) is 27.8 Å². The van der Waals surface area contributed by atoms with Crippen LogP contribution in [0.1, 0.15) is 47.4 Å². The second kappa shape index (κ2) is 6.02. The molecule has 6 rings (SSSR count). The normalized spacial score (nSPS) is 30.8. The fourth-order valence-electron chi connectivity index (χ4n) is 6.10. The highest BCUT2D eigenvalue weighted by Crippen LogP contribution is 2.59. The Bertz CT molecular complexity index is 1060. The molecule has 5 atom stereocenters. The van der Waals surface area contributed by atoms with E-state index in [2.05, 4.69) is 29.2 Å². The van der Waals surface area contributed by atoms with Gasteiger partial charge in [0.2, 0.25) is 0 Å². The molecule has 4 nitrogen and oxygen atoms in total. The smallest absolute Gasteiger partial charge is 0.270 e. The Morgan fingerprint density at radius 3 is 2.45 bits per heavy atom. The molecule has 146 valence electrons. The Kier molecular flexibility index (Phi) is 3.52. The van der Waals surface area contributed by atoms with Crippen molar-refractivity contribution in [2.45, 2.75) is 30.7 Å². The lowest BCUT2D eigenvalue weighted by Gasteiger charge is -2.51. The number of benzene rings is 2. The molecule has 0 saturated heterocycles. The molecule has 2 aromatic rings. The number of fused-ring (bicyclic) bond motifs is 4. The standard InChI is InChI=1S/C24H21FN2O2/c25-16-9-7-14(8-10-16)23-20-6-2-5-19(20)22-12-17(27(28)29)11-21-18-4-1-3-15(18)13-26(23)24(21)22/h1-2,4-5,7-12,15,18-20,23H,3,6,13H2/t15-,18+,19+,20-,23+/m1/s1. The Balaban J connectivity index is 1.59. The second-order valence-corrected chi connectivity index (χ2v) is 8.68. The molecule has 2 heterocycles. The number of nitro benzene ring substituents is 1. The Morgan fingerprint density at radius 2 is 1.69 bits per heavy atom. The van der Waals surface area contributed by atoms with Gasteiger partial charge in [0.05, 0.1) is 11.0 Å². The summed E-state index contributed by atoms with van der Waals surface area (Å²) in [6.45, 7) is 0.931. The molecule has 0 fully saturated rings. The lowest BCUT2D eigenvalue weighted by atomic mass is 9.70. The zero-order valence-electron chi connectivity index (χ0n) is 15.9. The maximum atomic E-state index is 13.6. The Hall–Kier alpha value is -2.95. The van der Waals surface area contributed by atoms with Crippen LogP contribution in [0.5, 0.6) is 0 Å². The van der Waals surface area contributed by atoms with E-state index in [0.717, 1.165) is 36.1 Å². The lowest BCUT2D eigenvalue weighted by Crippen LogP contribution is -2.46. The number of nitro groups is 1. The van der Waals surface area contributed by atoms with Gasteiger partial charge in [-0.05, 0) is 53.5 Å². The lowest BCUT2D eigenvalue weighted by molar-refractivity contribution is -0.385. The molecule has 2 aromatic carbocycles. The molecule has 4 aliphatic rings. The topological polar surface area (TPSA) is 46.4 Å². The fraction of sp³-hybridized carbons (Fsp3) is 0.333. The summed E-state index contributed by atoms with van der Waals surface area (Å²) < 4.78 is 13.6. The average molecular weight is 388 g/mol. The van der Waals surface area contributed by atoms with Gasteiger partial charge >= 0.3 is 0 Å². The first kappa shape index (κ1) is 17.0. The molecule has 0 spiro atoms. The van der Waals surface area contributed by atoms with Crippen molar-refractivity contribution in [1.82, 2.24) is 0 Å². The largest absolute Gasteiger partial charge is 0.363 e. The number of halogens is 1. The first-order valence-electron chi connectivity index (χ1n) is 10.3. The van der Waals surface area contributed by atoms with Gasteiger partial charge < -0.3 is 4.90 Å². The van der Waals surface area contributed by atoms with Gasteiger partial charge in [-0.2, -0.15) is 0 Å². The second-order valence-electron chi connectivity index (χ2n) is 8.68. The van der Waals surface area contributed by atoms with Gasteiger partial charge in [-0.3, -0.25) is 10.1 Å². The van der Waals surface area contributed by atoms with Crippen LogP contribution < -0.4 is 4.90 Å². The number of rotatable bonds is 2. The van der Waals surface area contributed by atoms with Gasteiger partial charge in [0.25, 0.3) is 5.69 Å². The van der Waals surface area contributed by atoms with E-state index in [4.69, 9.17) is 0 Å². The summed E-state index contributed by atoms with van der Waals surface area (Å²) in [5.74, 6) is 0.939. The highest BCUT2D eigenvalue weighted by molar-refractivity contribution is 5.72. The molecule has 0 unspecified atom stereocenters. The minimum absolute atomic E-state index is 0.157. The van der Waals surface area contributed by atoms with Crippen molar-refractivity contribution in [2.24, 2.45) is 11.8 Å². The van der Waals surface area contributed by atoms with E-state index in [1.165, 1.54) is 5.69 Å². The van der Waals surface area contributed by atoms with Crippen molar-refractivity contribution >= 4 is 11.4 Å². The predicted octanol–water partition coefficient (Wildman–Crippen LogP) is 5.63. The summed E-state index contributed by atoms with van der Waals surface area (Å²) in [4.78, 5) is 13.9. The molecule has 2 aliphatic carbocycles. The van der Waals surface area contributed by atoms with Crippen molar-refractivity contribution in [2.75, 3.05) is 11.4 Å². The molecule has 0 bridgehead atoms. The van der Waals surface area contributed by atoms with E-state index < -0.39 is 0 Å². The number of anilines is 1. The van der Waals surface area contributed by atoms with Crippen LogP contribution >= 0.6 is 0 Å². The predicted molar refractivity (Wildman–Crippen MR) is 110 cm³/mol. The van der Waals surface area contributed by atoms with Crippen LogP contribution in [0.2, 0.25) is 0 Å². The number of hydrogen-bond donors (Lipinski definition) is 0. The first-order chi connectivity index (χ1) is 14.1. The Labute approximate surface area is 168 Å². The van der Waals surface area contributed by atoms with Crippen molar-refractivity contribution < 1.29 is 9.31 Å². The zero-order valence-corrected chi connectivity index (χ0v) is 15.9. The van der Waals surface area contributed by atoms with Gasteiger partial charge in [0.1, 0.15) is 5.82 Å². The molecule has 0 radical (unpaired) electrons. The molecule has 2 aliphatic heterocycles. The van der Waals surface area contributed by atoms with Crippen LogP contribution in [0.4, 0.5) is 15.8 Å². The monoisotopic (exact) mass is 388 g/mol. The molecule has 0 amide bonds.